The van der Waals surface area contributed by atoms with Gasteiger partial charge in [0, 0.05) is 13.0 Å². The van der Waals surface area contributed by atoms with Crippen LogP contribution < -0.4 is 5.32 Å². The van der Waals surface area contributed by atoms with Gasteiger partial charge in [0.05, 0.1) is 6.26 Å². The van der Waals surface area contributed by atoms with Gasteiger partial charge in [-0.25, -0.2) is 4.79 Å². The van der Waals surface area contributed by atoms with Crippen molar-refractivity contribution in [3.8, 4) is 0 Å². The van der Waals surface area contributed by atoms with Gasteiger partial charge in [-0.15, -0.1) is 0 Å². The number of nitrogens with zero attached hydrogens (tertiary/aromatic N) is 1. The summed E-state index contributed by atoms with van der Waals surface area (Å²) in [6.07, 6.45) is 1.61. The average molecular weight is 342 g/mol. The van der Waals surface area contributed by atoms with Gasteiger partial charge >= 0.3 is 5.97 Å². The van der Waals surface area contributed by atoms with E-state index in [1.54, 1.807) is 6.07 Å². The minimum atomic E-state index is -1.06. The van der Waals surface area contributed by atoms with E-state index < -0.39 is 29.9 Å². The number of benzene rings is 1. The van der Waals surface area contributed by atoms with Crippen molar-refractivity contribution in [2.24, 2.45) is 0 Å². The van der Waals surface area contributed by atoms with Crippen molar-refractivity contribution in [3.63, 3.8) is 0 Å². The molecule has 1 aliphatic heterocycles. The number of carboxylic acid groups (broad SMARTS) is 1. The van der Waals surface area contributed by atoms with Crippen molar-refractivity contribution in [1.29, 1.82) is 0 Å². The Morgan fingerprint density at radius 2 is 1.92 bits per heavy atom. The molecule has 3 rings (SSSR count). The highest BCUT2D eigenvalue weighted by Gasteiger charge is 2.36. The van der Waals surface area contributed by atoms with E-state index in [0.29, 0.717) is 0 Å². The van der Waals surface area contributed by atoms with Gasteiger partial charge in [0.2, 0.25) is 5.91 Å². The lowest BCUT2D eigenvalue weighted by molar-refractivity contribution is -0.152. The molecule has 7 nitrogen and oxygen atoms in total. The molecule has 0 aliphatic carbocycles. The fourth-order valence-corrected chi connectivity index (χ4v) is 2.96. The highest BCUT2D eigenvalue weighted by molar-refractivity contribution is 5.96. The Balaban J connectivity index is 1.77. The van der Waals surface area contributed by atoms with E-state index in [1.165, 1.54) is 24.2 Å². The number of carbonyl (C=O) groups is 3. The quantitative estimate of drug-likeness (QED) is 0.876. The van der Waals surface area contributed by atoms with Crippen LogP contribution >= 0.6 is 0 Å². The molecule has 2 atom stereocenters. The van der Waals surface area contributed by atoms with Crippen LogP contribution in [0, 0.1) is 0 Å². The lowest BCUT2D eigenvalue weighted by Crippen LogP contribution is -2.54. The van der Waals surface area contributed by atoms with Gasteiger partial charge in [0.25, 0.3) is 5.91 Å². The smallest absolute Gasteiger partial charge is 0.326 e. The first kappa shape index (κ1) is 16.8. The molecule has 2 heterocycles. The zero-order valence-corrected chi connectivity index (χ0v) is 13.6. The van der Waals surface area contributed by atoms with Crippen LogP contribution in [0.2, 0.25) is 0 Å². The molecular formula is C18H18N2O5. The molecule has 2 N–H and O–H groups in total. The second-order valence-corrected chi connectivity index (χ2v) is 5.97. The Labute approximate surface area is 144 Å². The molecule has 2 amide bonds. The van der Waals surface area contributed by atoms with Gasteiger partial charge in [0.15, 0.2) is 5.76 Å². The Bertz CT molecular complexity index is 800. The molecule has 1 aliphatic rings. The molecule has 0 radical (unpaired) electrons. The van der Waals surface area contributed by atoms with Gasteiger partial charge in [-0.3, -0.25) is 9.59 Å². The van der Waals surface area contributed by atoms with Crippen LogP contribution in [0.4, 0.5) is 0 Å². The van der Waals surface area contributed by atoms with Gasteiger partial charge in [-0.2, -0.15) is 0 Å². The number of fused-ring (bicyclic) bond motifs is 1. The SMILES string of the molecule is CC(NC(=O)c1ccco1)C(=O)N1Cc2ccccc2CC1C(=O)O. The second-order valence-electron chi connectivity index (χ2n) is 5.97. The standard InChI is InChI=1S/C18H18N2O5/c1-11(19-16(21)15-7-4-8-25-15)17(22)20-10-13-6-3-2-5-12(13)9-14(20)18(23)24/h2-8,11,14H,9-10H2,1H3,(H,19,21)(H,23,24). The second kappa shape index (κ2) is 6.80. The summed E-state index contributed by atoms with van der Waals surface area (Å²) in [5, 5.41) is 12.0. The first-order chi connectivity index (χ1) is 12.0. The van der Waals surface area contributed by atoms with Crippen LogP contribution in [-0.4, -0.2) is 39.9 Å². The molecular weight excluding hydrogens is 324 g/mol. The molecule has 1 aromatic heterocycles. The minimum absolute atomic E-state index is 0.0958. The number of nitrogens with one attached hydrogen (secondary N) is 1. The third-order valence-corrected chi connectivity index (χ3v) is 4.28. The predicted octanol–water partition coefficient (Wildman–Crippen LogP) is 1.44. The van der Waals surface area contributed by atoms with Gasteiger partial charge < -0.3 is 19.7 Å². The largest absolute Gasteiger partial charge is 0.480 e. The minimum Gasteiger partial charge on any atom is -0.480 e. The Morgan fingerprint density at radius 3 is 2.56 bits per heavy atom. The van der Waals surface area contributed by atoms with E-state index in [2.05, 4.69) is 5.32 Å². The Morgan fingerprint density at radius 1 is 1.20 bits per heavy atom. The molecule has 130 valence electrons. The highest BCUT2D eigenvalue weighted by atomic mass is 16.4. The summed E-state index contributed by atoms with van der Waals surface area (Å²) in [7, 11) is 0. The Hall–Kier alpha value is -3.09. The van der Waals surface area contributed by atoms with Crippen LogP contribution in [0.1, 0.15) is 28.6 Å². The number of amides is 2. The summed E-state index contributed by atoms with van der Waals surface area (Å²) in [6, 6.07) is 8.68. The molecule has 0 spiro atoms. The molecule has 25 heavy (non-hydrogen) atoms. The topological polar surface area (TPSA) is 99.9 Å². The molecule has 0 bridgehead atoms. The number of hydrogen-bond acceptors (Lipinski definition) is 4. The first-order valence-corrected chi connectivity index (χ1v) is 7.92. The molecule has 0 fully saturated rings. The third kappa shape index (κ3) is 3.40. The van der Waals surface area contributed by atoms with Crippen LogP contribution in [0.15, 0.2) is 47.1 Å². The van der Waals surface area contributed by atoms with Crippen LogP contribution in [0.5, 0.6) is 0 Å². The Kier molecular flexibility index (Phi) is 4.56. The summed E-state index contributed by atoms with van der Waals surface area (Å²) in [5.41, 5.74) is 1.84. The number of furan rings is 1. The molecule has 1 aromatic carbocycles. The van der Waals surface area contributed by atoms with Gasteiger partial charge in [-0.1, -0.05) is 24.3 Å². The maximum absolute atomic E-state index is 12.7. The van der Waals surface area contributed by atoms with Gasteiger partial charge in [0.1, 0.15) is 12.1 Å². The fourth-order valence-electron chi connectivity index (χ4n) is 2.96. The maximum atomic E-state index is 12.7. The van der Waals surface area contributed by atoms with Gasteiger partial charge in [-0.05, 0) is 30.2 Å². The summed E-state index contributed by atoms with van der Waals surface area (Å²) in [5.74, 6) is -1.93. The van der Waals surface area contributed by atoms with Crippen molar-refractivity contribution in [1.82, 2.24) is 10.2 Å². The first-order valence-electron chi connectivity index (χ1n) is 7.92. The maximum Gasteiger partial charge on any atom is 0.326 e. The lowest BCUT2D eigenvalue weighted by Gasteiger charge is -2.36. The summed E-state index contributed by atoms with van der Waals surface area (Å²) < 4.78 is 5.00. The fraction of sp³-hybridized carbons (Fsp3) is 0.278. The summed E-state index contributed by atoms with van der Waals surface area (Å²) in [6.45, 7) is 1.73. The molecule has 2 aromatic rings. The van der Waals surface area contributed by atoms with E-state index >= 15 is 0 Å². The number of aliphatic carboxylic acids is 1. The van der Waals surface area contributed by atoms with Crippen molar-refractivity contribution < 1.29 is 23.9 Å². The van der Waals surface area contributed by atoms with E-state index in [4.69, 9.17) is 4.42 Å². The van der Waals surface area contributed by atoms with Crippen LogP contribution in [0.25, 0.3) is 0 Å². The average Bonchev–Trinajstić information content (AvgIpc) is 3.14. The van der Waals surface area contributed by atoms with Crippen LogP contribution in [-0.2, 0) is 22.6 Å². The summed E-state index contributed by atoms with van der Waals surface area (Å²) >= 11 is 0. The monoisotopic (exact) mass is 342 g/mol. The summed E-state index contributed by atoms with van der Waals surface area (Å²) in [4.78, 5) is 37.7. The zero-order chi connectivity index (χ0) is 18.0. The van der Waals surface area contributed by atoms with Crippen molar-refractivity contribution in [3.05, 3.63) is 59.5 Å². The van der Waals surface area contributed by atoms with Crippen molar-refractivity contribution >= 4 is 17.8 Å². The molecule has 2 unspecified atom stereocenters. The van der Waals surface area contributed by atoms with E-state index in [1.807, 2.05) is 24.3 Å². The lowest BCUT2D eigenvalue weighted by atomic mass is 9.93. The molecule has 7 heteroatoms. The number of rotatable bonds is 4. The predicted molar refractivity (Wildman–Crippen MR) is 87.8 cm³/mol. The van der Waals surface area contributed by atoms with E-state index in [0.717, 1.165) is 11.1 Å². The highest BCUT2D eigenvalue weighted by Crippen LogP contribution is 2.24. The van der Waals surface area contributed by atoms with E-state index in [-0.39, 0.29) is 18.7 Å². The van der Waals surface area contributed by atoms with Crippen LogP contribution in [0.3, 0.4) is 0 Å². The zero-order valence-electron chi connectivity index (χ0n) is 13.6. The molecule has 0 saturated carbocycles. The number of hydrogen-bond donors (Lipinski definition) is 2. The molecule has 0 saturated heterocycles. The van der Waals surface area contributed by atoms with E-state index in [9.17, 15) is 19.5 Å². The van der Waals surface area contributed by atoms with Crippen molar-refractivity contribution in [2.45, 2.75) is 32.0 Å². The third-order valence-electron chi connectivity index (χ3n) is 4.28. The number of carboxylic acids is 1. The normalized spacial score (nSPS) is 17.5. The number of carbonyl (C=O) groups excluding carboxylic acids is 2. The van der Waals surface area contributed by atoms with Crippen molar-refractivity contribution in [2.75, 3.05) is 0 Å².